The summed E-state index contributed by atoms with van der Waals surface area (Å²) in [5.41, 5.74) is 7.02. The van der Waals surface area contributed by atoms with Gasteiger partial charge in [0.2, 0.25) is 5.91 Å². The first kappa shape index (κ1) is 18.4. The van der Waals surface area contributed by atoms with Crippen LogP contribution in [0, 0.1) is 23.5 Å². The van der Waals surface area contributed by atoms with E-state index in [9.17, 15) is 13.6 Å². The SMILES string of the molecule is NC1CCC2CN(C(=O)C(Sc3ccc(F)cc3F)c3ccccc3)CC12. The third-order valence-electron chi connectivity index (χ3n) is 5.69. The molecule has 2 aromatic rings. The summed E-state index contributed by atoms with van der Waals surface area (Å²) in [6, 6.07) is 13.0. The van der Waals surface area contributed by atoms with E-state index in [2.05, 4.69) is 0 Å². The zero-order chi connectivity index (χ0) is 19.0. The van der Waals surface area contributed by atoms with Gasteiger partial charge in [-0.05, 0) is 42.4 Å². The van der Waals surface area contributed by atoms with Crippen LogP contribution < -0.4 is 5.73 Å². The summed E-state index contributed by atoms with van der Waals surface area (Å²) in [6.07, 6.45) is 2.08. The maximum Gasteiger partial charge on any atom is 0.240 e. The second kappa shape index (κ2) is 7.60. The molecule has 1 saturated heterocycles. The van der Waals surface area contributed by atoms with E-state index in [1.807, 2.05) is 35.2 Å². The summed E-state index contributed by atoms with van der Waals surface area (Å²) in [5.74, 6) is -0.475. The summed E-state index contributed by atoms with van der Waals surface area (Å²) in [4.78, 5) is 15.5. The Labute approximate surface area is 161 Å². The smallest absolute Gasteiger partial charge is 0.240 e. The maximum absolute atomic E-state index is 14.2. The molecule has 2 fully saturated rings. The number of carbonyl (C=O) groups is 1. The molecule has 1 aliphatic carbocycles. The van der Waals surface area contributed by atoms with Gasteiger partial charge in [-0.3, -0.25) is 4.79 Å². The Morgan fingerprint density at radius 1 is 1.11 bits per heavy atom. The standard InChI is InChI=1S/C21H22F2N2OS/c22-15-7-9-19(17(23)10-15)27-20(13-4-2-1-3-5-13)21(26)25-11-14-6-8-18(24)16(14)12-25/h1-5,7,9-10,14,16,18,20H,6,8,11-12,24H2. The minimum absolute atomic E-state index is 0.0310. The van der Waals surface area contributed by atoms with Gasteiger partial charge in [-0.2, -0.15) is 0 Å². The summed E-state index contributed by atoms with van der Waals surface area (Å²) in [7, 11) is 0. The normalized spacial score (nSPS) is 25.4. The molecule has 1 heterocycles. The van der Waals surface area contributed by atoms with Gasteiger partial charge in [0, 0.05) is 30.1 Å². The van der Waals surface area contributed by atoms with Crippen molar-refractivity contribution >= 4 is 17.7 Å². The van der Waals surface area contributed by atoms with Crippen molar-refractivity contribution in [2.45, 2.75) is 29.0 Å². The van der Waals surface area contributed by atoms with Crippen LogP contribution in [0.2, 0.25) is 0 Å². The zero-order valence-corrected chi connectivity index (χ0v) is 15.7. The number of benzene rings is 2. The molecule has 4 unspecified atom stereocenters. The maximum atomic E-state index is 14.2. The highest BCUT2D eigenvalue weighted by molar-refractivity contribution is 8.00. The van der Waals surface area contributed by atoms with Crippen LogP contribution in [0.3, 0.4) is 0 Å². The number of nitrogens with two attached hydrogens (primary N) is 1. The lowest BCUT2D eigenvalue weighted by Crippen LogP contribution is -2.35. The van der Waals surface area contributed by atoms with Crippen molar-refractivity contribution in [2.75, 3.05) is 13.1 Å². The van der Waals surface area contributed by atoms with E-state index in [0.717, 1.165) is 36.2 Å². The quantitative estimate of drug-likeness (QED) is 0.806. The lowest BCUT2D eigenvalue weighted by molar-refractivity contribution is -0.130. The molecule has 2 aromatic carbocycles. The molecule has 0 spiro atoms. The van der Waals surface area contributed by atoms with Gasteiger partial charge in [-0.15, -0.1) is 11.8 Å². The van der Waals surface area contributed by atoms with Gasteiger partial charge >= 0.3 is 0 Å². The number of nitrogens with zero attached hydrogens (tertiary/aromatic N) is 1. The highest BCUT2D eigenvalue weighted by atomic mass is 32.2. The predicted octanol–water partition coefficient (Wildman–Crippen LogP) is 3.99. The third kappa shape index (κ3) is 3.73. The number of carbonyl (C=O) groups excluding carboxylic acids is 1. The van der Waals surface area contributed by atoms with Gasteiger partial charge in [0.05, 0.1) is 0 Å². The van der Waals surface area contributed by atoms with Gasteiger partial charge < -0.3 is 10.6 Å². The molecular weight excluding hydrogens is 366 g/mol. The number of fused-ring (bicyclic) bond motifs is 1. The Morgan fingerprint density at radius 3 is 2.59 bits per heavy atom. The lowest BCUT2D eigenvalue weighted by Gasteiger charge is -2.25. The van der Waals surface area contributed by atoms with E-state index >= 15 is 0 Å². The van der Waals surface area contributed by atoms with Crippen molar-refractivity contribution < 1.29 is 13.6 Å². The Hall–Kier alpha value is -1.92. The highest BCUT2D eigenvalue weighted by Crippen LogP contribution is 2.42. The average Bonchev–Trinajstić information content (AvgIpc) is 3.24. The monoisotopic (exact) mass is 388 g/mol. The molecule has 142 valence electrons. The fraction of sp³-hybridized carbons (Fsp3) is 0.381. The molecule has 1 aliphatic heterocycles. The Morgan fingerprint density at radius 2 is 1.89 bits per heavy atom. The predicted molar refractivity (Wildman–Crippen MR) is 102 cm³/mol. The molecule has 0 aromatic heterocycles. The van der Waals surface area contributed by atoms with Crippen LogP contribution in [0.4, 0.5) is 8.78 Å². The molecule has 0 bridgehead atoms. The molecule has 4 atom stereocenters. The van der Waals surface area contributed by atoms with Crippen molar-refractivity contribution in [3.63, 3.8) is 0 Å². The second-order valence-corrected chi connectivity index (χ2v) is 8.54. The average molecular weight is 388 g/mol. The van der Waals surface area contributed by atoms with Crippen molar-refractivity contribution in [2.24, 2.45) is 17.6 Å². The van der Waals surface area contributed by atoms with Crippen molar-refractivity contribution in [3.05, 3.63) is 65.7 Å². The van der Waals surface area contributed by atoms with Gasteiger partial charge in [0.1, 0.15) is 16.9 Å². The first-order chi connectivity index (χ1) is 13.0. The van der Waals surface area contributed by atoms with Crippen molar-refractivity contribution in [3.8, 4) is 0 Å². The Balaban J connectivity index is 1.59. The van der Waals surface area contributed by atoms with Gasteiger partial charge in [0.15, 0.2) is 0 Å². The number of thioether (sulfide) groups is 1. The van der Waals surface area contributed by atoms with Crippen LogP contribution in [-0.4, -0.2) is 29.9 Å². The van der Waals surface area contributed by atoms with Gasteiger partial charge in [0.25, 0.3) is 0 Å². The molecule has 0 radical (unpaired) electrons. The van der Waals surface area contributed by atoms with Crippen molar-refractivity contribution in [1.29, 1.82) is 0 Å². The summed E-state index contributed by atoms with van der Waals surface area (Å²) in [5, 5.41) is -0.568. The van der Waals surface area contributed by atoms with E-state index in [4.69, 9.17) is 5.73 Å². The largest absolute Gasteiger partial charge is 0.341 e. The van der Waals surface area contributed by atoms with E-state index < -0.39 is 16.9 Å². The topological polar surface area (TPSA) is 46.3 Å². The van der Waals surface area contributed by atoms with E-state index in [1.54, 1.807) is 0 Å². The number of rotatable bonds is 4. The van der Waals surface area contributed by atoms with Crippen LogP contribution in [0.15, 0.2) is 53.4 Å². The lowest BCUT2D eigenvalue weighted by atomic mass is 9.98. The van der Waals surface area contributed by atoms with E-state index in [1.165, 1.54) is 12.1 Å². The Bertz CT molecular complexity index is 832. The molecule has 1 amide bonds. The molecule has 2 N–H and O–H groups in total. The number of halogens is 2. The number of likely N-dealkylation sites (tertiary alicyclic amines) is 1. The minimum Gasteiger partial charge on any atom is -0.341 e. The molecule has 6 heteroatoms. The molecular formula is C21H22F2N2OS. The van der Waals surface area contributed by atoms with Gasteiger partial charge in [-0.1, -0.05) is 30.3 Å². The highest BCUT2D eigenvalue weighted by Gasteiger charge is 2.44. The fourth-order valence-corrected chi connectivity index (χ4v) is 5.36. The summed E-state index contributed by atoms with van der Waals surface area (Å²) >= 11 is 1.14. The second-order valence-electron chi connectivity index (χ2n) is 7.39. The summed E-state index contributed by atoms with van der Waals surface area (Å²) < 4.78 is 27.4. The molecule has 3 nitrogen and oxygen atoms in total. The van der Waals surface area contributed by atoms with Crippen LogP contribution >= 0.6 is 11.8 Å². The van der Waals surface area contributed by atoms with Crippen molar-refractivity contribution in [1.82, 2.24) is 4.90 Å². The molecule has 2 aliphatic rings. The number of amides is 1. The molecule has 4 rings (SSSR count). The van der Waals surface area contributed by atoms with E-state index in [-0.39, 0.29) is 16.8 Å². The first-order valence-corrected chi connectivity index (χ1v) is 10.1. The molecule has 1 saturated carbocycles. The fourth-order valence-electron chi connectivity index (χ4n) is 4.24. The van der Waals surface area contributed by atoms with Crippen LogP contribution in [-0.2, 0) is 4.79 Å². The zero-order valence-electron chi connectivity index (χ0n) is 14.9. The first-order valence-electron chi connectivity index (χ1n) is 9.24. The third-order valence-corrected chi connectivity index (χ3v) is 6.98. The molecule has 27 heavy (non-hydrogen) atoms. The summed E-state index contributed by atoms with van der Waals surface area (Å²) in [6.45, 7) is 1.38. The minimum atomic E-state index is -0.644. The Kier molecular flexibility index (Phi) is 5.19. The van der Waals surface area contributed by atoms with Gasteiger partial charge in [-0.25, -0.2) is 8.78 Å². The van der Waals surface area contributed by atoms with Crippen LogP contribution in [0.25, 0.3) is 0 Å². The van der Waals surface area contributed by atoms with Crippen LogP contribution in [0.1, 0.15) is 23.7 Å². The number of hydrogen-bond donors (Lipinski definition) is 1. The van der Waals surface area contributed by atoms with E-state index in [0.29, 0.717) is 24.9 Å². The van der Waals surface area contributed by atoms with Crippen LogP contribution in [0.5, 0.6) is 0 Å². The number of hydrogen-bond acceptors (Lipinski definition) is 3.